The third-order valence-corrected chi connectivity index (χ3v) is 3.64. The number of phenolic OH excluding ortho intramolecular Hbond substituents is 1. The number of carbonyl (C=O) groups excluding carboxylic acids is 1. The van der Waals surface area contributed by atoms with Crippen molar-refractivity contribution in [3.05, 3.63) is 53.2 Å². The van der Waals surface area contributed by atoms with E-state index in [-0.39, 0.29) is 16.8 Å². The van der Waals surface area contributed by atoms with E-state index < -0.39 is 0 Å². The maximum Gasteiger partial charge on any atom is 0.286 e. The summed E-state index contributed by atoms with van der Waals surface area (Å²) in [6.45, 7) is 0. The fraction of sp³-hybridized carbons (Fsp3) is 0. The van der Waals surface area contributed by atoms with Crippen LogP contribution < -0.4 is 5.73 Å². The molecule has 0 saturated carbocycles. The van der Waals surface area contributed by atoms with Crippen LogP contribution in [-0.4, -0.2) is 20.7 Å². The molecule has 1 aliphatic heterocycles. The summed E-state index contributed by atoms with van der Waals surface area (Å²) in [5.41, 5.74) is 7.26. The van der Waals surface area contributed by atoms with Crippen LogP contribution in [0.5, 0.6) is 5.75 Å². The van der Waals surface area contributed by atoms with Crippen molar-refractivity contribution >= 4 is 28.9 Å². The molecule has 1 aromatic carbocycles. The Morgan fingerprint density at radius 3 is 2.65 bits per heavy atom. The van der Waals surface area contributed by atoms with E-state index in [0.717, 1.165) is 23.1 Å². The van der Waals surface area contributed by atoms with Gasteiger partial charge in [0.2, 0.25) is 0 Å². The number of thioether (sulfide) groups is 1. The van der Waals surface area contributed by atoms with Gasteiger partial charge in [0.1, 0.15) is 5.75 Å². The number of amides is 1. The molecule has 2 aromatic rings. The molecule has 1 aliphatic rings. The van der Waals surface area contributed by atoms with Gasteiger partial charge >= 0.3 is 0 Å². The highest BCUT2D eigenvalue weighted by molar-refractivity contribution is 8.18. The third kappa shape index (κ3) is 2.33. The van der Waals surface area contributed by atoms with Gasteiger partial charge in [0, 0.05) is 17.6 Å². The van der Waals surface area contributed by atoms with E-state index in [1.807, 2.05) is 22.9 Å². The fourth-order valence-electron chi connectivity index (χ4n) is 1.92. The predicted octanol–water partition coefficient (Wildman–Crippen LogP) is 2.11. The number of nitrogens with zero attached hydrogens (tertiary/aromatic N) is 2. The van der Waals surface area contributed by atoms with E-state index in [1.54, 1.807) is 30.3 Å². The van der Waals surface area contributed by atoms with Crippen molar-refractivity contribution in [2.75, 3.05) is 0 Å². The van der Waals surface area contributed by atoms with Gasteiger partial charge in [-0.1, -0.05) is 0 Å². The third-order valence-electron chi connectivity index (χ3n) is 2.82. The summed E-state index contributed by atoms with van der Waals surface area (Å²) in [5.74, 6) is -0.102. The molecular weight excluding hydrogens is 274 g/mol. The summed E-state index contributed by atoms with van der Waals surface area (Å²) >= 11 is 1.16. The van der Waals surface area contributed by atoms with Gasteiger partial charge in [0.15, 0.2) is 5.17 Å². The SMILES string of the molecule is NC1=NC(=O)C(=Cc2cccn2-c2ccc(O)cc2)S1. The lowest BCUT2D eigenvalue weighted by Gasteiger charge is -2.07. The Balaban J connectivity index is 1.97. The first-order valence-corrected chi connectivity index (χ1v) is 6.70. The second-order valence-corrected chi connectivity index (χ2v) is 5.25. The highest BCUT2D eigenvalue weighted by Crippen LogP contribution is 2.27. The summed E-state index contributed by atoms with van der Waals surface area (Å²) < 4.78 is 1.91. The minimum Gasteiger partial charge on any atom is -0.508 e. The Morgan fingerprint density at radius 2 is 2.00 bits per heavy atom. The van der Waals surface area contributed by atoms with E-state index in [1.165, 1.54) is 0 Å². The second kappa shape index (κ2) is 4.90. The van der Waals surface area contributed by atoms with Crippen molar-refractivity contribution in [3.63, 3.8) is 0 Å². The van der Waals surface area contributed by atoms with Crippen LogP contribution in [0.2, 0.25) is 0 Å². The smallest absolute Gasteiger partial charge is 0.286 e. The van der Waals surface area contributed by atoms with E-state index in [2.05, 4.69) is 4.99 Å². The monoisotopic (exact) mass is 285 g/mol. The summed E-state index contributed by atoms with van der Waals surface area (Å²) in [6.07, 6.45) is 3.64. The molecule has 3 N–H and O–H groups in total. The molecule has 0 atom stereocenters. The van der Waals surface area contributed by atoms with Gasteiger partial charge in [-0.3, -0.25) is 4.79 Å². The number of rotatable bonds is 2. The molecule has 0 spiro atoms. The predicted molar refractivity (Wildman–Crippen MR) is 79.6 cm³/mol. The minimum atomic E-state index is -0.314. The van der Waals surface area contributed by atoms with Crippen LogP contribution >= 0.6 is 11.8 Å². The van der Waals surface area contributed by atoms with Crippen LogP contribution in [0, 0.1) is 0 Å². The first-order valence-electron chi connectivity index (χ1n) is 5.88. The van der Waals surface area contributed by atoms with Crippen molar-refractivity contribution in [1.82, 2.24) is 4.57 Å². The van der Waals surface area contributed by atoms with Gasteiger partial charge in [0.05, 0.1) is 4.91 Å². The number of benzene rings is 1. The van der Waals surface area contributed by atoms with E-state index >= 15 is 0 Å². The van der Waals surface area contributed by atoms with Gasteiger partial charge in [-0.15, -0.1) is 0 Å². The Hall–Kier alpha value is -2.47. The normalized spacial score (nSPS) is 16.7. The van der Waals surface area contributed by atoms with Crippen molar-refractivity contribution in [3.8, 4) is 11.4 Å². The average Bonchev–Trinajstić information content (AvgIpc) is 2.98. The maximum atomic E-state index is 11.6. The van der Waals surface area contributed by atoms with Gasteiger partial charge < -0.3 is 15.4 Å². The number of aliphatic imine (C=N–C) groups is 1. The molecule has 1 aromatic heterocycles. The Morgan fingerprint density at radius 1 is 1.25 bits per heavy atom. The highest BCUT2D eigenvalue weighted by Gasteiger charge is 2.20. The van der Waals surface area contributed by atoms with Crippen molar-refractivity contribution in [2.24, 2.45) is 10.7 Å². The molecule has 0 radical (unpaired) electrons. The number of hydrogen-bond acceptors (Lipinski definition) is 4. The van der Waals surface area contributed by atoms with Crippen LogP contribution in [0.1, 0.15) is 5.69 Å². The maximum absolute atomic E-state index is 11.6. The lowest BCUT2D eigenvalue weighted by molar-refractivity contribution is -0.113. The lowest BCUT2D eigenvalue weighted by atomic mass is 10.3. The second-order valence-electron chi connectivity index (χ2n) is 4.19. The molecule has 3 rings (SSSR count). The van der Waals surface area contributed by atoms with Crippen LogP contribution in [0.15, 0.2) is 52.5 Å². The van der Waals surface area contributed by atoms with Crippen LogP contribution in [0.3, 0.4) is 0 Å². The van der Waals surface area contributed by atoms with Gasteiger partial charge in [-0.2, -0.15) is 4.99 Å². The molecule has 0 saturated heterocycles. The Bertz CT molecular complexity index is 729. The van der Waals surface area contributed by atoms with Crippen LogP contribution in [0.4, 0.5) is 0 Å². The molecule has 5 nitrogen and oxygen atoms in total. The molecule has 100 valence electrons. The zero-order chi connectivity index (χ0) is 14.1. The zero-order valence-corrected chi connectivity index (χ0v) is 11.2. The van der Waals surface area contributed by atoms with E-state index in [4.69, 9.17) is 5.73 Å². The molecular formula is C14H11N3O2S. The van der Waals surface area contributed by atoms with Crippen LogP contribution in [0.25, 0.3) is 11.8 Å². The van der Waals surface area contributed by atoms with Crippen molar-refractivity contribution < 1.29 is 9.90 Å². The van der Waals surface area contributed by atoms with Gasteiger partial charge in [-0.25, -0.2) is 0 Å². The number of carbonyl (C=O) groups is 1. The molecule has 1 amide bonds. The Kier molecular flexibility index (Phi) is 3.08. The number of amidine groups is 1. The fourth-order valence-corrected chi connectivity index (χ4v) is 2.59. The largest absolute Gasteiger partial charge is 0.508 e. The minimum absolute atomic E-state index is 0.212. The standard InChI is InChI=1S/C14H11N3O2S/c15-14-16-13(19)12(20-14)8-10-2-1-7-17(10)9-3-5-11(18)6-4-9/h1-8,18H,(H2,15,16,19). The van der Waals surface area contributed by atoms with Crippen molar-refractivity contribution in [1.29, 1.82) is 0 Å². The van der Waals surface area contributed by atoms with Crippen molar-refractivity contribution in [2.45, 2.75) is 0 Å². The summed E-state index contributed by atoms with van der Waals surface area (Å²) in [7, 11) is 0. The quantitative estimate of drug-likeness (QED) is 0.828. The summed E-state index contributed by atoms with van der Waals surface area (Å²) in [5, 5.41) is 9.59. The summed E-state index contributed by atoms with van der Waals surface area (Å²) in [4.78, 5) is 15.8. The average molecular weight is 285 g/mol. The molecule has 2 heterocycles. The number of aromatic hydroxyl groups is 1. The lowest BCUT2D eigenvalue weighted by Crippen LogP contribution is -2.01. The van der Waals surface area contributed by atoms with Gasteiger partial charge in [0.25, 0.3) is 5.91 Å². The zero-order valence-electron chi connectivity index (χ0n) is 10.4. The van der Waals surface area contributed by atoms with Crippen LogP contribution in [-0.2, 0) is 4.79 Å². The number of phenols is 1. The number of aromatic nitrogens is 1. The van der Waals surface area contributed by atoms with E-state index in [0.29, 0.717) is 4.91 Å². The molecule has 20 heavy (non-hydrogen) atoms. The number of hydrogen-bond donors (Lipinski definition) is 2. The topological polar surface area (TPSA) is 80.6 Å². The molecule has 0 unspecified atom stereocenters. The first kappa shape index (κ1) is 12.6. The molecule has 0 fully saturated rings. The molecule has 0 aliphatic carbocycles. The number of nitrogens with two attached hydrogens (primary N) is 1. The molecule has 6 heteroatoms. The van der Waals surface area contributed by atoms with E-state index in [9.17, 15) is 9.90 Å². The summed E-state index contributed by atoms with van der Waals surface area (Å²) in [6, 6.07) is 10.6. The Labute approximate surface area is 119 Å². The molecule has 0 bridgehead atoms. The highest BCUT2D eigenvalue weighted by atomic mass is 32.2. The first-order chi connectivity index (χ1) is 9.63. The van der Waals surface area contributed by atoms with Gasteiger partial charge in [-0.05, 0) is 54.2 Å².